The van der Waals surface area contributed by atoms with E-state index in [1.165, 1.54) is 31.8 Å². The van der Waals surface area contributed by atoms with Crippen LogP contribution in [0.4, 0.5) is 0 Å². The van der Waals surface area contributed by atoms with E-state index in [4.69, 9.17) is 9.47 Å². The van der Waals surface area contributed by atoms with Crippen molar-refractivity contribution in [2.45, 2.75) is 90.8 Å². The molecule has 1 aliphatic rings. The van der Waals surface area contributed by atoms with Crippen LogP contribution in [0.25, 0.3) is 0 Å². The molecule has 1 saturated carbocycles. The normalized spacial score (nSPS) is 16.1. The van der Waals surface area contributed by atoms with Gasteiger partial charge in [-0.1, -0.05) is 57.5 Å². The number of thiazole rings is 1. The van der Waals surface area contributed by atoms with Gasteiger partial charge in [0, 0.05) is 44.3 Å². The number of aromatic nitrogens is 1. The number of amides is 2. The number of esters is 2. The zero-order valence-corrected chi connectivity index (χ0v) is 26.4. The molecular formula is C32H45N3O6S. The number of rotatable bonds is 15. The minimum Gasteiger partial charge on any atom is -0.469 e. The molecule has 0 spiro atoms. The van der Waals surface area contributed by atoms with E-state index in [0.29, 0.717) is 36.6 Å². The van der Waals surface area contributed by atoms with Gasteiger partial charge in [-0.25, -0.2) is 4.98 Å². The van der Waals surface area contributed by atoms with Crippen molar-refractivity contribution in [3.8, 4) is 0 Å². The molecule has 1 unspecified atom stereocenters. The van der Waals surface area contributed by atoms with Crippen LogP contribution in [0.1, 0.15) is 93.4 Å². The van der Waals surface area contributed by atoms with Crippen LogP contribution < -0.4 is 5.32 Å². The molecule has 230 valence electrons. The van der Waals surface area contributed by atoms with E-state index in [2.05, 4.69) is 10.3 Å². The van der Waals surface area contributed by atoms with Crippen molar-refractivity contribution in [3.05, 3.63) is 52.0 Å². The average Bonchev–Trinajstić information content (AvgIpc) is 3.42. The quantitative estimate of drug-likeness (QED) is 0.275. The summed E-state index contributed by atoms with van der Waals surface area (Å²) in [5, 5.41) is 5.20. The smallest absolute Gasteiger partial charge is 0.308 e. The summed E-state index contributed by atoms with van der Waals surface area (Å²) in [5.41, 5.74) is 1.25. The first-order chi connectivity index (χ1) is 20.0. The molecule has 10 heteroatoms. The lowest BCUT2D eigenvalue weighted by Crippen LogP contribution is -2.42. The second-order valence-corrected chi connectivity index (χ2v) is 12.6. The average molecular weight is 600 g/mol. The summed E-state index contributed by atoms with van der Waals surface area (Å²) in [6, 6.07) is 9.25. The topological polar surface area (TPSA) is 115 Å². The number of benzene rings is 1. The van der Waals surface area contributed by atoms with E-state index in [1.54, 1.807) is 17.2 Å². The minimum absolute atomic E-state index is 0.102. The van der Waals surface area contributed by atoms with Crippen LogP contribution in [0.3, 0.4) is 0 Å². The number of methoxy groups -OCH3 is 1. The second-order valence-electron chi connectivity index (χ2n) is 11.7. The molecule has 1 aromatic carbocycles. The Morgan fingerprint density at radius 3 is 2.36 bits per heavy atom. The number of hydrogen-bond acceptors (Lipinski definition) is 8. The van der Waals surface area contributed by atoms with Crippen molar-refractivity contribution in [1.82, 2.24) is 15.2 Å². The predicted octanol–water partition coefficient (Wildman–Crippen LogP) is 5.35. The molecule has 2 aromatic rings. The SMILES string of the molecule is COC(=O)[C@@H](C)C[C@H](Cc1ccccc1)NC(=O)c1csc([C@@H](CC(C(C)C)N(C)C(=O)CC2CCC2)OC(C)=O)n1. The third kappa shape index (κ3) is 9.64. The number of nitrogens with zero attached hydrogens (tertiary/aromatic N) is 2. The maximum Gasteiger partial charge on any atom is 0.308 e. The van der Waals surface area contributed by atoms with Gasteiger partial charge in [-0.3, -0.25) is 19.2 Å². The molecule has 4 atom stereocenters. The molecule has 1 fully saturated rings. The lowest BCUT2D eigenvalue weighted by Gasteiger charge is -2.35. The summed E-state index contributed by atoms with van der Waals surface area (Å²) in [6.45, 7) is 7.22. The van der Waals surface area contributed by atoms with Gasteiger partial charge in [-0.05, 0) is 43.1 Å². The fourth-order valence-corrected chi connectivity index (χ4v) is 6.22. The summed E-state index contributed by atoms with van der Waals surface area (Å²) < 4.78 is 10.6. The zero-order valence-electron chi connectivity index (χ0n) is 25.6. The number of hydrogen-bond donors (Lipinski definition) is 1. The highest BCUT2D eigenvalue weighted by atomic mass is 32.1. The van der Waals surface area contributed by atoms with Crippen molar-refractivity contribution in [2.75, 3.05) is 14.2 Å². The Morgan fingerprint density at radius 1 is 1.10 bits per heavy atom. The Labute approximate surface area is 253 Å². The van der Waals surface area contributed by atoms with Crippen molar-refractivity contribution in [2.24, 2.45) is 17.8 Å². The fourth-order valence-electron chi connectivity index (χ4n) is 5.38. The van der Waals surface area contributed by atoms with E-state index in [0.717, 1.165) is 18.4 Å². The molecule has 0 bridgehead atoms. The molecule has 1 N–H and O–H groups in total. The summed E-state index contributed by atoms with van der Waals surface area (Å²) >= 11 is 1.25. The van der Waals surface area contributed by atoms with Crippen molar-refractivity contribution >= 4 is 35.1 Å². The molecule has 2 amide bonds. The van der Waals surface area contributed by atoms with Gasteiger partial charge in [-0.2, -0.15) is 0 Å². The molecule has 9 nitrogen and oxygen atoms in total. The Hall–Kier alpha value is -3.27. The molecule has 0 radical (unpaired) electrons. The largest absolute Gasteiger partial charge is 0.469 e. The van der Waals surface area contributed by atoms with Crippen LogP contribution >= 0.6 is 11.3 Å². The molecule has 0 aliphatic heterocycles. The highest BCUT2D eigenvalue weighted by molar-refractivity contribution is 7.09. The predicted molar refractivity (Wildman–Crippen MR) is 162 cm³/mol. The van der Waals surface area contributed by atoms with Crippen LogP contribution in [0.5, 0.6) is 0 Å². The van der Waals surface area contributed by atoms with E-state index >= 15 is 0 Å². The Balaban J connectivity index is 1.75. The van der Waals surface area contributed by atoms with E-state index in [1.807, 2.05) is 51.2 Å². The van der Waals surface area contributed by atoms with E-state index < -0.39 is 18.0 Å². The monoisotopic (exact) mass is 599 g/mol. The summed E-state index contributed by atoms with van der Waals surface area (Å²) in [4.78, 5) is 56.9. The first-order valence-electron chi connectivity index (χ1n) is 14.8. The highest BCUT2D eigenvalue weighted by Crippen LogP contribution is 2.33. The van der Waals surface area contributed by atoms with Crippen molar-refractivity contribution < 1.29 is 28.7 Å². The molecule has 3 rings (SSSR count). The second kappa shape index (κ2) is 15.8. The van der Waals surface area contributed by atoms with Gasteiger partial charge in [0.15, 0.2) is 6.10 Å². The third-order valence-corrected chi connectivity index (χ3v) is 8.98. The van der Waals surface area contributed by atoms with Crippen LogP contribution in [0.2, 0.25) is 0 Å². The van der Waals surface area contributed by atoms with Gasteiger partial charge in [0.2, 0.25) is 5.91 Å². The van der Waals surface area contributed by atoms with Crippen LogP contribution in [0, 0.1) is 17.8 Å². The van der Waals surface area contributed by atoms with Crippen LogP contribution in [-0.2, 0) is 30.3 Å². The van der Waals surface area contributed by atoms with Gasteiger partial charge in [0.1, 0.15) is 10.7 Å². The fraction of sp³-hybridized carbons (Fsp3) is 0.594. The van der Waals surface area contributed by atoms with Gasteiger partial charge >= 0.3 is 11.9 Å². The maximum absolute atomic E-state index is 13.3. The van der Waals surface area contributed by atoms with Crippen molar-refractivity contribution in [1.29, 1.82) is 0 Å². The molecular weight excluding hydrogens is 554 g/mol. The summed E-state index contributed by atoms with van der Waals surface area (Å²) in [5.74, 6) is -0.879. The molecule has 1 aliphatic carbocycles. The van der Waals surface area contributed by atoms with Gasteiger partial charge in [0.05, 0.1) is 13.0 Å². The zero-order chi connectivity index (χ0) is 30.8. The number of carbonyl (C=O) groups excluding carboxylic acids is 4. The molecule has 1 heterocycles. The maximum atomic E-state index is 13.3. The van der Waals surface area contributed by atoms with Gasteiger partial charge < -0.3 is 19.7 Å². The lowest BCUT2D eigenvalue weighted by atomic mass is 9.82. The standard InChI is InChI=1S/C32H45N3O6S/c1-20(2)27(35(5)29(37)17-24-13-10-14-24)18-28(41-22(4)36)31-34-26(19-42-31)30(38)33-25(15-21(3)32(39)40-6)16-23-11-8-7-9-12-23/h7-9,11-12,19-21,24-25,27-28H,10,13-18H2,1-6H3,(H,33,38)/t21-,25+,27?,28+/m0/s1. The first-order valence-corrected chi connectivity index (χ1v) is 15.7. The van der Waals surface area contributed by atoms with Crippen molar-refractivity contribution in [3.63, 3.8) is 0 Å². The number of carbonyl (C=O) groups is 4. The minimum atomic E-state index is -0.695. The Kier molecular flexibility index (Phi) is 12.5. The number of nitrogens with one attached hydrogen (secondary N) is 1. The van der Waals surface area contributed by atoms with Crippen LogP contribution in [0.15, 0.2) is 35.7 Å². The highest BCUT2D eigenvalue weighted by Gasteiger charge is 2.32. The molecule has 42 heavy (non-hydrogen) atoms. The number of ether oxygens (including phenoxy) is 2. The first kappa shape index (κ1) is 33.2. The van der Waals surface area contributed by atoms with Gasteiger partial charge in [0.25, 0.3) is 5.91 Å². The molecule has 1 aromatic heterocycles. The Bertz CT molecular complexity index is 1200. The van der Waals surface area contributed by atoms with E-state index in [-0.39, 0.29) is 41.5 Å². The lowest BCUT2D eigenvalue weighted by molar-refractivity contribution is -0.148. The van der Waals surface area contributed by atoms with Crippen LogP contribution in [-0.4, -0.2) is 59.9 Å². The van der Waals surface area contributed by atoms with E-state index in [9.17, 15) is 19.2 Å². The third-order valence-electron chi connectivity index (χ3n) is 8.04. The van der Waals surface area contributed by atoms with Gasteiger partial charge in [-0.15, -0.1) is 11.3 Å². The molecule has 0 saturated heterocycles. The summed E-state index contributed by atoms with van der Waals surface area (Å²) in [6.07, 6.45) is 4.54. The Morgan fingerprint density at radius 2 is 1.79 bits per heavy atom. The summed E-state index contributed by atoms with van der Waals surface area (Å²) in [7, 11) is 3.17.